The summed E-state index contributed by atoms with van der Waals surface area (Å²) in [5, 5.41) is 3.59. The molecule has 0 amide bonds. The van der Waals surface area contributed by atoms with Crippen LogP contribution in [0.2, 0.25) is 0 Å². The molecule has 1 heterocycles. The standard InChI is InChI=1S/C14H14Br2INS/c1-3-18-14(13-7-11(16)8(2)19-13)10-6-9(15)4-5-12(10)17/h4-7,14,18H,3H2,1-2H3. The monoisotopic (exact) mass is 513 g/mol. The van der Waals surface area contributed by atoms with Gasteiger partial charge in [0.05, 0.1) is 6.04 Å². The van der Waals surface area contributed by atoms with Gasteiger partial charge in [0.1, 0.15) is 0 Å². The van der Waals surface area contributed by atoms with Crippen LogP contribution in [0.25, 0.3) is 0 Å². The lowest BCUT2D eigenvalue weighted by Crippen LogP contribution is -2.22. The summed E-state index contributed by atoms with van der Waals surface area (Å²) < 4.78 is 3.60. The fourth-order valence-corrected chi connectivity index (χ4v) is 4.61. The molecule has 1 atom stereocenters. The summed E-state index contributed by atoms with van der Waals surface area (Å²) in [6, 6.07) is 8.93. The van der Waals surface area contributed by atoms with Crippen molar-refractivity contribution in [3.63, 3.8) is 0 Å². The maximum Gasteiger partial charge on any atom is 0.0682 e. The summed E-state index contributed by atoms with van der Waals surface area (Å²) in [5.41, 5.74) is 1.32. The molecule has 1 aromatic carbocycles. The minimum atomic E-state index is 0.254. The second-order valence-electron chi connectivity index (χ2n) is 4.21. The van der Waals surface area contributed by atoms with Crippen molar-refractivity contribution in [3.8, 4) is 0 Å². The van der Waals surface area contributed by atoms with Crippen LogP contribution in [0.1, 0.15) is 28.3 Å². The lowest BCUT2D eigenvalue weighted by Gasteiger charge is -2.19. The number of nitrogens with one attached hydrogen (secondary N) is 1. The third kappa shape index (κ3) is 3.81. The maximum atomic E-state index is 3.61. The first-order chi connectivity index (χ1) is 9.02. The van der Waals surface area contributed by atoms with Crippen LogP contribution in [0.15, 0.2) is 33.2 Å². The maximum absolute atomic E-state index is 3.61. The van der Waals surface area contributed by atoms with Gasteiger partial charge in [-0.2, -0.15) is 0 Å². The van der Waals surface area contributed by atoms with E-state index in [2.05, 4.69) is 97.9 Å². The summed E-state index contributed by atoms with van der Waals surface area (Å²) in [4.78, 5) is 2.67. The molecule has 0 aliphatic rings. The number of rotatable bonds is 4. The van der Waals surface area contributed by atoms with E-state index in [-0.39, 0.29) is 6.04 Å². The van der Waals surface area contributed by atoms with Crippen LogP contribution < -0.4 is 5.32 Å². The number of benzene rings is 1. The summed E-state index contributed by atoms with van der Waals surface area (Å²) >= 11 is 11.4. The van der Waals surface area contributed by atoms with Crippen LogP contribution in [0.5, 0.6) is 0 Å². The highest BCUT2D eigenvalue weighted by atomic mass is 127. The third-order valence-corrected chi connectivity index (χ3v) is 6.52. The normalized spacial score (nSPS) is 12.7. The Morgan fingerprint density at radius 2 is 2.05 bits per heavy atom. The summed E-state index contributed by atoms with van der Waals surface area (Å²) in [5.74, 6) is 0. The van der Waals surface area contributed by atoms with Crippen LogP contribution in [-0.2, 0) is 0 Å². The minimum absolute atomic E-state index is 0.254. The minimum Gasteiger partial charge on any atom is -0.306 e. The molecule has 1 aromatic heterocycles. The second kappa shape index (κ2) is 7.02. The zero-order chi connectivity index (χ0) is 14.0. The van der Waals surface area contributed by atoms with Crippen LogP contribution in [0.3, 0.4) is 0 Å². The first kappa shape index (κ1) is 15.9. The Balaban J connectivity index is 2.47. The van der Waals surface area contributed by atoms with E-state index in [1.807, 2.05) is 11.3 Å². The van der Waals surface area contributed by atoms with Crippen molar-refractivity contribution in [3.05, 3.63) is 52.1 Å². The van der Waals surface area contributed by atoms with Crippen molar-refractivity contribution in [2.75, 3.05) is 6.54 Å². The molecule has 0 bridgehead atoms. The van der Waals surface area contributed by atoms with Gasteiger partial charge in [0.15, 0.2) is 0 Å². The van der Waals surface area contributed by atoms with Gasteiger partial charge in [0, 0.05) is 22.3 Å². The van der Waals surface area contributed by atoms with Gasteiger partial charge in [-0.3, -0.25) is 0 Å². The zero-order valence-corrected chi connectivity index (χ0v) is 16.8. The quantitative estimate of drug-likeness (QED) is 0.502. The Hall–Kier alpha value is 0.570. The van der Waals surface area contributed by atoms with E-state index in [9.17, 15) is 0 Å². The number of hydrogen-bond acceptors (Lipinski definition) is 2. The molecule has 0 spiro atoms. The molecule has 1 nitrogen and oxygen atoms in total. The average molecular weight is 515 g/mol. The Kier molecular flexibility index (Phi) is 5.90. The smallest absolute Gasteiger partial charge is 0.0682 e. The lowest BCUT2D eigenvalue weighted by atomic mass is 10.1. The van der Waals surface area contributed by atoms with E-state index in [0.717, 1.165) is 11.0 Å². The number of thiophene rings is 1. The molecule has 1 N–H and O–H groups in total. The van der Waals surface area contributed by atoms with E-state index in [0.29, 0.717) is 0 Å². The fraction of sp³-hybridized carbons (Fsp3) is 0.286. The van der Waals surface area contributed by atoms with Crippen molar-refractivity contribution in [2.24, 2.45) is 0 Å². The second-order valence-corrected chi connectivity index (χ2v) is 8.43. The molecule has 2 rings (SSSR count). The lowest BCUT2D eigenvalue weighted by molar-refractivity contribution is 0.637. The van der Waals surface area contributed by atoms with Crippen LogP contribution in [0.4, 0.5) is 0 Å². The van der Waals surface area contributed by atoms with Gasteiger partial charge in [0.2, 0.25) is 0 Å². The molecule has 0 aliphatic carbocycles. The van der Waals surface area contributed by atoms with E-state index < -0.39 is 0 Å². The zero-order valence-electron chi connectivity index (χ0n) is 10.6. The van der Waals surface area contributed by atoms with Crippen LogP contribution >= 0.6 is 65.8 Å². The van der Waals surface area contributed by atoms with Crippen molar-refractivity contribution in [1.29, 1.82) is 0 Å². The molecule has 2 aromatic rings. The van der Waals surface area contributed by atoms with Gasteiger partial charge in [-0.15, -0.1) is 11.3 Å². The molecule has 0 saturated carbocycles. The predicted octanol–water partition coefficient (Wildman–Crippen LogP) is 5.89. The van der Waals surface area contributed by atoms with Crippen molar-refractivity contribution >= 4 is 65.8 Å². The molecule has 0 aliphatic heterocycles. The van der Waals surface area contributed by atoms with E-state index in [1.165, 1.54) is 23.4 Å². The van der Waals surface area contributed by atoms with Crippen molar-refractivity contribution in [1.82, 2.24) is 5.32 Å². The van der Waals surface area contributed by atoms with E-state index >= 15 is 0 Å². The highest BCUT2D eigenvalue weighted by molar-refractivity contribution is 14.1. The average Bonchev–Trinajstić information content (AvgIpc) is 2.70. The third-order valence-electron chi connectivity index (χ3n) is 2.84. The molecule has 0 radical (unpaired) electrons. The first-order valence-corrected chi connectivity index (χ1v) is 9.45. The first-order valence-electron chi connectivity index (χ1n) is 5.97. The summed E-state index contributed by atoms with van der Waals surface area (Å²) in [7, 11) is 0. The Morgan fingerprint density at radius 1 is 1.32 bits per heavy atom. The van der Waals surface area contributed by atoms with Gasteiger partial charge >= 0.3 is 0 Å². The van der Waals surface area contributed by atoms with Gasteiger partial charge in [-0.25, -0.2) is 0 Å². The Morgan fingerprint density at radius 3 is 2.63 bits per heavy atom. The van der Waals surface area contributed by atoms with Gasteiger partial charge in [-0.1, -0.05) is 22.9 Å². The van der Waals surface area contributed by atoms with Gasteiger partial charge < -0.3 is 5.32 Å². The number of aryl methyl sites for hydroxylation is 1. The number of halogens is 3. The van der Waals surface area contributed by atoms with Gasteiger partial charge in [-0.05, 0) is 81.8 Å². The molecular formula is C14H14Br2INS. The van der Waals surface area contributed by atoms with Gasteiger partial charge in [0.25, 0.3) is 0 Å². The molecule has 5 heteroatoms. The molecule has 0 saturated heterocycles. The molecule has 0 fully saturated rings. The topological polar surface area (TPSA) is 12.0 Å². The van der Waals surface area contributed by atoms with Crippen LogP contribution in [0, 0.1) is 10.5 Å². The fourth-order valence-electron chi connectivity index (χ4n) is 1.93. The predicted molar refractivity (Wildman–Crippen MR) is 99.1 cm³/mol. The highest BCUT2D eigenvalue weighted by Gasteiger charge is 2.19. The van der Waals surface area contributed by atoms with E-state index in [1.54, 1.807) is 0 Å². The summed E-state index contributed by atoms with van der Waals surface area (Å²) in [6.45, 7) is 5.24. The molecule has 19 heavy (non-hydrogen) atoms. The number of hydrogen-bond donors (Lipinski definition) is 1. The molecule has 102 valence electrons. The SMILES string of the molecule is CCNC(c1cc(Br)c(C)s1)c1cc(Br)ccc1I. The summed E-state index contributed by atoms with van der Waals surface area (Å²) in [6.07, 6.45) is 0. The molecule has 1 unspecified atom stereocenters. The Bertz CT molecular complexity index is 563. The van der Waals surface area contributed by atoms with Crippen molar-refractivity contribution < 1.29 is 0 Å². The molecular weight excluding hydrogens is 501 g/mol. The van der Waals surface area contributed by atoms with E-state index in [4.69, 9.17) is 0 Å². The van der Waals surface area contributed by atoms with Crippen LogP contribution in [-0.4, -0.2) is 6.54 Å². The Labute approximate surface area is 148 Å². The van der Waals surface area contributed by atoms with Crippen molar-refractivity contribution in [2.45, 2.75) is 19.9 Å². The highest BCUT2D eigenvalue weighted by Crippen LogP contribution is 2.36. The largest absolute Gasteiger partial charge is 0.306 e.